The third-order valence-electron chi connectivity index (χ3n) is 15.7. The van der Waals surface area contributed by atoms with Gasteiger partial charge in [-0.05, 0) is 89.6 Å². The van der Waals surface area contributed by atoms with E-state index < -0.39 is 42.1 Å². The number of nitrogens with zero attached hydrogens (tertiary/aromatic N) is 13. The Morgan fingerprint density at radius 1 is 0.545 bits per heavy atom. The SMILES string of the molecule is CCCC(=O)OCN(C(=O)C(N=[N+]=[N-])[C@@H](C)CC)[C@H](C[C@@H](C)c1nc(C(=O)OC)cs1)C(C)C.CC[C@H](C)C(N=[N+]=[N-])C(=O)C[C@H](C[C@@H](C)c1nc(C(=O)OC)cs1)C(C)C.CC[C@H](C)C(N=[N+]=[N-])C(=O)C[C@H](C[C@@H](O)c1nc(C(=O)OC)cs1)C(C)C. The maximum atomic E-state index is 13.6. The fourth-order valence-corrected chi connectivity index (χ4v) is 11.8. The molecule has 490 valence electrons. The molecule has 0 radical (unpaired) electrons. The molecule has 0 aliphatic carbocycles. The normalized spacial score (nSPS) is 15.1. The van der Waals surface area contributed by atoms with Crippen LogP contribution in [-0.2, 0) is 38.1 Å². The third kappa shape index (κ3) is 25.9. The Labute approximate surface area is 530 Å². The maximum absolute atomic E-state index is 13.6. The minimum Gasteiger partial charge on any atom is -0.464 e. The van der Waals surface area contributed by atoms with E-state index in [2.05, 4.69) is 70.5 Å². The molecule has 0 saturated heterocycles. The predicted octanol–water partition coefficient (Wildman–Crippen LogP) is 15.0. The monoisotopic (exact) mass is 1290 g/mol. The van der Waals surface area contributed by atoms with Gasteiger partial charge >= 0.3 is 23.9 Å². The van der Waals surface area contributed by atoms with Gasteiger partial charge in [0.2, 0.25) is 5.91 Å². The highest BCUT2D eigenvalue weighted by Crippen LogP contribution is 2.35. The van der Waals surface area contributed by atoms with Gasteiger partial charge in [0, 0.05) is 68.0 Å². The molecule has 3 aromatic rings. The lowest BCUT2D eigenvalue weighted by atomic mass is 9.81. The highest BCUT2D eigenvalue weighted by molar-refractivity contribution is 7.10. The summed E-state index contributed by atoms with van der Waals surface area (Å²) in [6.07, 6.45) is 4.42. The first-order valence-corrected chi connectivity index (χ1v) is 32.7. The number of amides is 1. The number of ether oxygens (including phenoxy) is 4. The second-order valence-corrected chi connectivity index (χ2v) is 25.9. The summed E-state index contributed by atoms with van der Waals surface area (Å²) in [4.78, 5) is 109. The van der Waals surface area contributed by atoms with Gasteiger partial charge in [0.05, 0.1) is 43.4 Å². The number of ketones is 2. The quantitative estimate of drug-likeness (QED) is 0.0141. The fraction of sp³-hybridized carbons (Fsp3) is 0.733. The van der Waals surface area contributed by atoms with E-state index in [1.165, 1.54) is 60.2 Å². The van der Waals surface area contributed by atoms with Gasteiger partial charge in [0.1, 0.15) is 28.7 Å². The molecule has 3 rings (SSSR count). The standard InChI is InChI=1S/C23H37N5O5S.C19H30N4O3S.C18H28N4O4S/c1-8-10-19(29)33-13-28(22(30)20(26-27-24)15(5)9-2)18(14(3)4)11-16(6)21-25-17(12-34-21)23(31)32-7;1-7-12(4)17(22-23-20)16(24)9-14(11(2)3)8-13(5)18-21-15(10-27-18)19(25)26-6;1-6-11(4)16(21-22-19)14(23)7-12(10(2)3)8-15(24)17-20-13(9-27-17)18(25)26-5/h12,14-16,18,20H,8-11,13H2,1-7H3;10-14,17H,7-9H2,1-6H3;9-12,15-16,24H,6-8H2,1-5H3/t15-,16+,18+,20?;12-,13+,14-,17?;11-,12+,15+,16?/m000/s1. The Kier molecular flexibility index (Phi) is 37.6. The number of thiazole rings is 3. The number of hydrogen-bond donors (Lipinski definition) is 1. The molecule has 0 bridgehead atoms. The number of carbonyl (C=O) groups excluding carboxylic acids is 7. The number of aliphatic hydroxyl groups excluding tert-OH is 1. The molecule has 25 nitrogen and oxygen atoms in total. The van der Waals surface area contributed by atoms with Crippen LogP contribution in [0.3, 0.4) is 0 Å². The van der Waals surface area contributed by atoms with Gasteiger partial charge in [-0.25, -0.2) is 29.3 Å². The lowest BCUT2D eigenvalue weighted by Gasteiger charge is -2.37. The first-order chi connectivity index (χ1) is 41.6. The Bertz CT molecular complexity index is 2710. The van der Waals surface area contributed by atoms with E-state index in [-0.39, 0.29) is 114 Å². The van der Waals surface area contributed by atoms with Crippen molar-refractivity contribution in [3.63, 3.8) is 0 Å². The van der Waals surface area contributed by atoms with Gasteiger partial charge in [0.25, 0.3) is 0 Å². The van der Waals surface area contributed by atoms with E-state index in [4.69, 9.17) is 30.8 Å². The smallest absolute Gasteiger partial charge is 0.357 e. The average Bonchev–Trinajstić information content (AvgIpc) is 2.13. The lowest BCUT2D eigenvalue weighted by Crippen LogP contribution is -2.50. The average molecular weight is 1290 g/mol. The number of rotatable bonds is 36. The van der Waals surface area contributed by atoms with Crippen molar-refractivity contribution in [3.05, 3.63) is 79.6 Å². The van der Waals surface area contributed by atoms with E-state index in [0.717, 1.165) is 29.3 Å². The summed E-state index contributed by atoms with van der Waals surface area (Å²) < 4.78 is 19.5. The first kappa shape index (κ1) is 79.5. The molecular formula is C60H95N13O12S3. The number of hydrogen-bond acceptors (Lipinski definition) is 21. The van der Waals surface area contributed by atoms with Crippen molar-refractivity contribution in [1.82, 2.24) is 19.9 Å². The highest BCUT2D eigenvalue weighted by atomic mass is 32.1. The van der Waals surface area contributed by atoms with Crippen molar-refractivity contribution in [1.29, 1.82) is 0 Å². The summed E-state index contributed by atoms with van der Waals surface area (Å²) in [6, 6.07) is -2.52. The van der Waals surface area contributed by atoms with Crippen molar-refractivity contribution in [2.24, 2.45) is 62.7 Å². The van der Waals surface area contributed by atoms with Gasteiger partial charge in [-0.15, -0.1) is 34.0 Å². The van der Waals surface area contributed by atoms with Crippen LogP contribution in [0, 0.1) is 47.3 Å². The first-order valence-electron chi connectivity index (χ1n) is 30.0. The van der Waals surface area contributed by atoms with Gasteiger partial charge in [-0.3, -0.25) is 19.2 Å². The summed E-state index contributed by atoms with van der Waals surface area (Å²) in [5.41, 5.74) is 27.3. The van der Waals surface area contributed by atoms with E-state index in [9.17, 15) is 38.7 Å². The van der Waals surface area contributed by atoms with E-state index in [1.54, 1.807) is 16.1 Å². The molecule has 3 unspecified atom stereocenters. The van der Waals surface area contributed by atoms with Crippen molar-refractivity contribution in [3.8, 4) is 0 Å². The Morgan fingerprint density at radius 3 is 1.27 bits per heavy atom. The summed E-state index contributed by atoms with van der Waals surface area (Å²) in [5, 5.41) is 28.6. The Morgan fingerprint density at radius 2 is 0.909 bits per heavy atom. The van der Waals surface area contributed by atoms with E-state index in [0.29, 0.717) is 48.7 Å². The van der Waals surface area contributed by atoms with Gasteiger partial charge in [-0.2, -0.15) is 0 Å². The number of azide groups is 3. The van der Waals surface area contributed by atoms with Crippen molar-refractivity contribution < 1.29 is 57.6 Å². The number of aromatic nitrogens is 3. The number of Topliss-reactive ketones (excluding diaryl/α,β-unsaturated/α-hetero) is 2. The van der Waals surface area contributed by atoms with Crippen LogP contribution in [0.1, 0.15) is 232 Å². The van der Waals surface area contributed by atoms with Crippen LogP contribution in [0.2, 0.25) is 0 Å². The van der Waals surface area contributed by atoms with Crippen molar-refractivity contribution in [2.75, 3.05) is 28.1 Å². The van der Waals surface area contributed by atoms with Gasteiger partial charge in [0.15, 0.2) is 23.8 Å². The molecule has 88 heavy (non-hydrogen) atoms. The molecule has 12 atom stereocenters. The fourth-order valence-electron chi connectivity index (χ4n) is 9.31. The molecule has 28 heteroatoms. The molecule has 0 saturated carbocycles. The number of carbonyl (C=O) groups is 7. The summed E-state index contributed by atoms with van der Waals surface area (Å²) in [6.45, 7) is 29.4. The summed E-state index contributed by atoms with van der Waals surface area (Å²) >= 11 is 3.97. The van der Waals surface area contributed by atoms with Crippen LogP contribution in [0.4, 0.5) is 0 Å². The Hall–Kier alpha value is -6.53. The minimum atomic E-state index is -0.901. The molecule has 0 aliphatic rings. The summed E-state index contributed by atoms with van der Waals surface area (Å²) in [7, 11) is 3.92. The third-order valence-corrected chi connectivity index (χ3v) is 18.8. The zero-order valence-electron chi connectivity index (χ0n) is 54.6. The summed E-state index contributed by atoms with van der Waals surface area (Å²) in [5.74, 6) is -1.98. The zero-order valence-corrected chi connectivity index (χ0v) is 57.1. The van der Waals surface area contributed by atoms with Gasteiger partial charge < -0.3 is 29.0 Å². The van der Waals surface area contributed by atoms with Crippen LogP contribution in [0.25, 0.3) is 31.3 Å². The molecule has 0 spiro atoms. The van der Waals surface area contributed by atoms with Crippen molar-refractivity contribution in [2.45, 2.75) is 210 Å². The van der Waals surface area contributed by atoms with E-state index in [1.807, 2.05) is 83.1 Å². The topological polar surface area (TPSA) is 365 Å². The number of aliphatic hydroxyl groups is 1. The number of methoxy groups -OCH3 is 3. The van der Waals surface area contributed by atoms with Crippen LogP contribution in [0.15, 0.2) is 31.5 Å². The van der Waals surface area contributed by atoms with E-state index >= 15 is 0 Å². The molecule has 0 aliphatic heterocycles. The molecule has 1 N–H and O–H groups in total. The van der Waals surface area contributed by atoms with Crippen molar-refractivity contribution >= 4 is 75.4 Å². The lowest BCUT2D eigenvalue weighted by molar-refractivity contribution is -0.157. The molecule has 0 aromatic carbocycles. The molecular weight excluding hydrogens is 1190 g/mol. The maximum Gasteiger partial charge on any atom is 0.357 e. The molecule has 0 fully saturated rings. The second kappa shape index (κ2) is 41.6. The highest BCUT2D eigenvalue weighted by Gasteiger charge is 2.36. The minimum absolute atomic E-state index is 0.00226. The molecule has 1 amide bonds. The van der Waals surface area contributed by atoms with Gasteiger partial charge in [-0.1, -0.05) is 138 Å². The van der Waals surface area contributed by atoms with Crippen LogP contribution >= 0.6 is 34.0 Å². The van der Waals surface area contributed by atoms with Crippen LogP contribution in [-0.4, -0.2) is 119 Å². The predicted molar refractivity (Wildman–Crippen MR) is 340 cm³/mol. The Balaban J connectivity index is 0.000000667. The second-order valence-electron chi connectivity index (χ2n) is 23.2. The molecule has 3 heterocycles. The van der Waals surface area contributed by atoms with Crippen LogP contribution in [0.5, 0.6) is 0 Å². The largest absolute Gasteiger partial charge is 0.464 e. The number of esters is 4. The van der Waals surface area contributed by atoms with Crippen LogP contribution < -0.4 is 0 Å². The molecule has 3 aromatic heterocycles. The zero-order chi connectivity index (χ0) is 67.0.